The lowest BCUT2D eigenvalue weighted by Gasteiger charge is -2.14. The smallest absolute Gasteiger partial charge is 0.00329 e. The van der Waals surface area contributed by atoms with Crippen molar-refractivity contribution >= 4 is 38.5 Å². The van der Waals surface area contributed by atoms with Crippen LogP contribution in [0.4, 0.5) is 0 Å². The molecule has 0 amide bonds. The molecule has 5 rings (SSSR count). The molecule has 4 aromatic rings. The van der Waals surface area contributed by atoms with Crippen molar-refractivity contribution in [3.8, 4) is 33.4 Å². The summed E-state index contributed by atoms with van der Waals surface area (Å²) in [7, 11) is 0. The fourth-order valence-electron chi connectivity index (χ4n) is 5.27. The maximum Gasteiger partial charge on any atom is -0.00329 e. The Morgan fingerprint density at radius 2 is 0.905 bits per heavy atom. The second-order valence-corrected chi connectivity index (χ2v) is 10.6. The lowest BCUT2D eigenvalue weighted by atomic mass is 9.90. The molecule has 42 heavy (non-hydrogen) atoms. The summed E-state index contributed by atoms with van der Waals surface area (Å²) in [5.41, 5.74) is 8.81. The average Bonchev–Trinajstić information content (AvgIpc) is 3.18. The van der Waals surface area contributed by atoms with E-state index >= 15 is 0 Å². The van der Waals surface area contributed by atoms with Gasteiger partial charge < -0.3 is 0 Å². The number of benzene rings is 2. The van der Waals surface area contributed by atoms with Gasteiger partial charge >= 0.3 is 0 Å². The molecule has 0 bridgehead atoms. The van der Waals surface area contributed by atoms with Crippen molar-refractivity contribution < 1.29 is 0 Å². The van der Waals surface area contributed by atoms with Crippen molar-refractivity contribution in [3.05, 3.63) is 165 Å². The maximum absolute atomic E-state index is 4.55. The lowest BCUT2D eigenvalue weighted by molar-refractivity contribution is 0.954. The molecule has 0 spiro atoms. The SMILES string of the molecule is C=c1ccccc(=C)c(-c2c3c(c(-c4ccc(-c5ccccc5)cc4)c(=C)ccccc2=C)C=CC(C)C=C3)ccc1. The first-order valence-electron chi connectivity index (χ1n) is 14.3. The zero-order chi connectivity index (χ0) is 29.5. The number of hydrogen-bond acceptors (Lipinski definition) is 0. The monoisotopic (exact) mass is 540 g/mol. The third kappa shape index (κ3) is 6.40. The molecule has 1 unspecified atom stereocenters. The predicted molar refractivity (Wildman–Crippen MR) is 186 cm³/mol. The van der Waals surface area contributed by atoms with E-state index < -0.39 is 0 Å². The lowest BCUT2D eigenvalue weighted by Crippen LogP contribution is -2.12. The van der Waals surface area contributed by atoms with Crippen LogP contribution in [-0.4, -0.2) is 0 Å². The summed E-state index contributed by atoms with van der Waals surface area (Å²) in [6, 6.07) is 41.7. The van der Waals surface area contributed by atoms with E-state index in [1.54, 1.807) is 0 Å². The minimum absolute atomic E-state index is 0.271. The van der Waals surface area contributed by atoms with E-state index in [1.165, 1.54) is 11.1 Å². The average molecular weight is 541 g/mol. The normalized spacial score (nSPS) is 13.3. The summed E-state index contributed by atoms with van der Waals surface area (Å²) < 4.78 is 0. The van der Waals surface area contributed by atoms with E-state index in [4.69, 9.17) is 0 Å². The van der Waals surface area contributed by atoms with Gasteiger partial charge in [-0.15, -0.1) is 0 Å². The van der Waals surface area contributed by atoms with Crippen LogP contribution in [0.5, 0.6) is 0 Å². The van der Waals surface area contributed by atoms with Crippen molar-refractivity contribution in [1.82, 2.24) is 0 Å². The molecule has 1 aliphatic carbocycles. The molecular formula is C42H36. The Balaban J connectivity index is 1.93. The van der Waals surface area contributed by atoms with Crippen molar-refractivity contribution in [3.63, 3.8) is 0 Å². The van der Waals surface area contributed by atoms with E-state index in [0.717, 1.165) is 54.3 Å². The Labute approximate surface area is 249 Å². The molecule has 0 heterocycles. The standard InChI is InChI=1S/C42H36/c1-30-14-9-10-16-32(3)38(21-13-15-30)42-34(5)18-12-11-17-33(4)41(39-28-22-31(2)23-29-40(39)42)37-26-24-36(25-27-37)35-19-7-6-8-20-35/h6-29,31H,1,3-5H2,2H3. The summed E-state index contributed by atoms with van der Waals surface area (Å²) in [5.74, 6) is 0.271. The van der Waals surface area contributed by atoms with E-state index in [0.29, 0.717) is 0 Å². The van der Waals surface area contributed by atoms with Gasteiger partial charge in [-0.1, -0.05) is 179 Å². The maximum atomic E-state index is 4.55. The Hall–Kier alpha value is -5.20. The summed E-state index contributed by atoms with van der Waals surface area (Å²) in [6.07, 6.45) is 8.99. The zero-order valence-electron chi connectivity index (χ0n) is 24.3. The zero-order valence-corrected chi connectivity index (χ0v) is 24.3. The first-order valence-corrected chi connectivity index (χ1v) is 14.3. The van der Waals surface area contributed by atoms with Gasteiger partial charge in [0.25, 0.3) is 0 Å². The summed E-state index contributed by atoms with van der Waals surface area (Å²) in [4.78, 5) is 0. The first-order chi connectivity index (χ1) is 20.4. The number of fused-ring (bicyclic) bond motifs is 1. The fraction of sp³-hybridized carbons (Fsp3) is 0.0476. The summed E-state index contributed by atoms with van der Waals surface area (Å²) >= 11 is 0. The summed E-state index contributed by atoms with van der Waals surface area (Å²) in [5, 5.41) is 3.69. The summed E-state index contributed by atoms with van der Waals surface area (Å²) in [6.45, 7) is 19.9. The van der Waals surface area contributed by atoms with Crippen LogP contribution in [0.25, 0.3) is 71.8 Å². The van der Waals surface area contributed by atoms with Gasteiger partial charge in [0.2, 0.25) is 0 Å². The van der Waals surface area contributed by atoms with Crippen LogP contribution in [0.3, 0.4) is 0 Å². The highest BCUT2D eigenvalue weighted by atomic mass is 14.2. The van der Waals surface area contributed by atoms with Crippen molar-refractivity contribution in [2.75, 3.05) is 0 Å². The van der Waals surface area contributed by atoms with Crippen LogP contribution in [0, 0.1) is 5.92 Å². The molecular weight excluding hydrogens is 504 g/mol. The van der Waals surface area contributed by atoms with E-state index in [2.05, 4.69) is 124 Å². The largest absolute Gasteiger partial charge is 0.0918 e. The van der Waals surface area contributed by atoms with E-state index in [9.17, 15) is 0 Å². The first kappa shape index (κ1) is 28.3. The van der Waals surface area contributed by atoms with E-state index in [1.807, 2.05) is 54.6 Å². The van der Waals surface area contributed by atoms with Crippen LogP contribution in [0.1, 0.15) is 18.1 Å². The molecule has 0 heteroatoms. The molecule has 0 fully saturated rings. The van der Waals surface area contributed by atoms with Crippen LogP contribution in [0.15, 0.2) is 133 Å². The van der Waals surface area contributed by atoms with Gasteiger partial charge in [-0.05, 0) is 71.3 Å². The molecule has 0 aliphatic heterocycles. The van der Waals surface area contributed by atoms with Crippen LogP contribution in [-0.2, 0) is 0 Å². The second-order valence-electron chi connectivity index (χ2n) is 10.6. The minimum atomic E-state index is 0.271. The minimum Gasteiger partial charge on any atom is -0.0918 e. The van der Waals surface area contributed by atoms with Crippen LogP contribution < -0.4 is 20.9 Å². The Morgan fingerprint density at radius 1 is 0.429 bits per heavy atom. The van der Waals surface area contributed by atoms with Crippen LogP contribution >= 0.6 is 0 Å². The highest BCUT2D eigenvalue weighted by Crippen LogP contribution is 2.32. The fourth-order valence-corrected chi connectivity index (χ4v) is 5.27. The van der Waals surface area contributed by atoms with Gasteiger partial charge in [-0.25, -0.2) is 0 Å². The molecule has 0 nitrogen and oxygen atoms in total. The predicted octanol–water partition coefficient (Wildman–Crippen LogP) is 8.25. The van der Waals surface area contributed by atoms with Crippen molar-refractivity contribution in [2.45, 2.75) is 6.92 Å². The third-order valence-electron chi connectivity index (χ3n) is 7.50. The van der Waals surface area contributed by atoms with E-state index in [-0.39, 0.29) is 5.92 Å². The molecule has 204 valence electrons. The topological polar surface area (TPSA) is 0 Å². The molecule has 4 aromatic carbocycles. The number of hydrogen-bond donors (Lipinski definition) is 0. The van der Waals surface area contributed by atoms with Gasteiger partial charge in [0.1, 0.15) is 0 Å². The van der Waals surface area contributed by atoms with Gasteiger partial charge in [0.05, 0.1) is 0 Å². The third-order valence-corrected chi connectivity index (χ3v) is 7.50. The second kappa shape index (κ2) is 13.0. The number of allylic oxidation sites excluding steroid dienone is 2. The van der Waals surface area contributed by atoms with Crippen LogP contribution in [0.2, 0.25) is 0 Å². The van der Waals surface area contributed by atoms with Gasteiger partial charge in [-0.3, -0.25) is 0 Å². The van der Waals surface area contributed by atoms with Crippen molar-refractivity contribution in [1.29, 1.82) is 0 Å². The molecule has 0 N–H and O–H groups in total. The quantitative estimate of drug-likeness (QED) is 0.245. The highest BCUT2D eigenvalue weighted by molar-refractivity contribution is 5.88. The Morgan fingerprint density at radius 3 is 1.57 bits per heavy atom. The molecule has 0 saturated heterocycles. The molecule has 1 atom stereocenters. The molecule has 0 radical (unpaired) electrons. The van der Waals surface area contributed by atoms with Gasteiger partial charge in [0.15, 0.2) is 0 Å². The molecule has 0 aromatic heterocycles. The molecule has 0 saturated carbocycles. The highest BCUT2D eigenvalue weighted by Gasteiger charge is 2.14. The van der Waals surface area contributed by atoms with Gasteiger partial charge in [-0.2, -0.15) is 0 Å². The Kier molecular flexibility index (Phi) is 8.75. The Bertz CT molecular complexity index is 1990. The van der Waals surface area contributed by atoms with Gasteiger partial charge in [0, 0.05) is 0 Å². The number of rotatable bonds is 3. The van der Waals surface area contributed by atoms with Crippen molar-refractivity contribution in [2.24, 2.45) is 5.92 Å². The molecule has 1 aliphatic rings.